The predicted octanol–water partition coefficient (Wildman–Crippen LogP) is 9.62. The van der Waals surface area contributed by atoms with Crippen molar-refractivity contribution in [1.82, 2.24) is 23.4 Å². The molecule has 0 radical (unpaired) electrons. The Morgan fingerprint density at radius 3 is 2.11 bits per heavy atom. The van der Waals surface area contributed by atoms with Gasteiger partial charge in [-0.2, -0.15) is 0 Å². The summed E-state index contributed by atoms with van der Waals surface area (Å²) < 4.78 is 12.6. The van der Waals surface area contributed by atoms with Gasteiger partial charge in [0.05, 0.1) is 0 Å². The summed E-state index contributed by atoms with van der Waals surface area (Å²) >= 11 is -2.83. The van der Waals surface area contributed by atoms with Gasteiger partial charge in [-0.15, -0.1) is 0 Å². The van der Waals surface area contributed by atoms with E-state index in [1.807, 2.05) is 0 Å². The number of unbranched alkanes of at least 4 members (excludes halogenated alkanes) is 3. The fourth-order valence-corrected chi connectivity index (χ4v) is 20.7. The first kappa shape index (κ1) is 32.6. The molecular weight excluding hydrogens is 649 g/mol. The third-order valence-corrected chi connectivity index (χ3v) is 23.3. The number of pyridine rings is 1. The summed E-state index contributed by atoms with van der Waals surface area (Å²) in [7, 11) is 0. The molecule has 5 rings (SSSR count). The molecule has 4 aromatic rings. The number of hydrogen-bond donors (Lipinski definition) is 0. The minimum atomic E-state index is -2.83. The molecule has 0 amide bonds. The number of tetrazole rings is 1. The standard InChI is InChI=1S/C25H24N5O.3C4H9.Sn/c1-2-19-15-24(22-9-5-6-10-23(22)26-19)31-16-17-11-13-18(14-12-17)20-7-3-4-8-21(20)25-27-29-30-28-25;3*1-3-4-2;/h3-4,7-8,11-15H,2,5-6,9-10,16H2,1H3;3*1,3-4H2,2H3;/q-1;;;;+1. The third-order valence-electron chi connectivity index (χ3n) is 9.33. The Bertz CT molecular complexity index is 1460. The van der Waals surface area contributed by atoms with Gasteiger partial charge in [-0.25, -0.2) is 0 Å². The number of ether oxygens (including phenoxy) is 1. The van der Waals surface area contributed by atoms with Crippen molar-refractivity contribution in [3.8, 4) is 28.3 Å². The summed E-state index contributed by atoms with van der Waals surface area (Å²) in [6.45, 7) is 9.63. The predicted molar refractivity (Wildman–Crippen MR) is 184 cm³/mol. The van der Waals surface area contributed by atoms with E-state index < -0.39 is 18.7 Å². The van der Waals surface area contributed by atoms with Gasteiger partial charge in [-0.3, -0.25) is 4.98 Å². The van der Waals surface area contributed by atoms with Crippen LogP contribution in [0.4, 0.5) is 0 Å². The van der Waals surface area contributed by atoms with Crippen molar-refractivity contribution in [2.75, 3.05) is 0 Å². The van der Waals surface area contributed by atoms with E-state index in [0.717, 1.165) is 58.8 Å². The van der Waals surface area contributed by atoms with E-state index in [1.54, 1.807) is 0 Å². The van der Waals surface area contributed by atoms with Crippen molar-refractivity contribution < 1.29 is 4.74 Å². The van der Waals surface area contributed by atoms with E-state index in [9.17, 15) is 0 Å². The van der Waals surface area contributed by atoms with Gasteiger partial charge in [-0.1, -0.05) is 6.92 Å². The molecule has 0 fully saturated rings. The molecule has 7 heteroatoms. The number of aromatic nitrogens is 5. The topological polar surface area (TPSA) is 65.7 Å². The molecule has 0 spiro atoms. The summed E-state index contributed by atoms with van der Waals surface area (Å²) in [6.07, 6.45) is 13.0. The van der Waals surface area contributed by atoms with E-state index >= 15 is 0 Å². The van der Waals surface area contributed by atoms with Crippen LogP contribution in [-0.2, 0) is 25.9 Å². The van der Waals surface area contributed by atoms with Gasteiger partial charge in [0.15, 0.2) is 0 Å². The normalized spacial score (nSPS) is 13.2. The molecule has 0 bridgehead atoms. The molecule has 0 N–H and O–H groups in total. The number of rotatable bonds is 16. The van der Waals surface area contributed by atoms with Crippen molar-refractivity contribution in [3.05, 3.63) is 77.1 Å². The zero-order chi connectivity index (χ0) is 30.8. The molecule has 0 atom stereocenters. The number of hydrogen-bond acceptors (Lipinski definition) is 5. The van der Waals surface area contributed by atoms with Gasteiger partial charge in [0.2, 0.25) is 0 Å². The second-order valence-electron chi connectivity index (χ2n) is 12.6. The molecule has 0 unspecified atom stereocenters. The molecule has 44 heavy (non-hydrogen) atoms. The molecule has 0 saturated heterocycles. The van der Waals surface area contributed by atoms with Gasteiger partial charge in [-0.05, 0) is 32.1 Å². The van der Waals surface area contributed by atoms with Crippen molar-refractivity contribution in [1.29, 1.82) is 0 Å². The Kier molecular flexibility index (Phi) is 11.9. The van der Waals surface area contributed by atoms with Crippen LogP contribution in [0.15, 0.2) is 54.6 Å². The Hall–Kier alpha value is -2.74. The SMILES string of the molecule is CCC[CH2][Sn]([CH2]CCC)([CH2]CCC)[n]1nnc(-c2ccccc2-c2ccc(COc3cc(CC)nc4c3CCCC4)cc2)n1. The number of benzene rings is 2. The van der Waals surface area contributed by atoms with Crippen LogP contribution in [0.2, 0.25) is 13.3 Å². The van der Waals surface area contributed by atoms with Crippen LogP contribution in [0, 0.1) is 0 Å². The van der Waals surface area contributed by atoms with Crippen LogP contribution < -0.4 is 4.74 Å². The Morgan fingerprint density at radius 2 is 1.45 bits per heavy atom. The first-order chi connectivity index (χ1) is 21.6. The van der Waals surface area contributed by atoms with Crippen LogP contribution in [0.1, 0.15) is 102 Å². The summed E-state index contributed by atoms with van der Waals surface area (Å²) in [5.74, 6) is 1.78. The Balaban J connectivity index is 1.37. The van der Waals surface area contributed by atoms with Crippen molar-refractivity contribution in [2.24, 2.45) is 0 Å². The van der Waals surface area contributed by atoms with Gasteiger partial charge in [0.25, 0.3) is 0 Å². The van der Waals surface area contributed by atoms with E-state index in [-0.39, 0.29) is 0 Å². The first-order valence-electron chi connectivity index (χ1n) is 17.2. The second-order valence-corrected chi connectivity index (χ2v) is 25.0. The second kappa shape index (κ2) is 16.0. The first-order valence-corrected chi connectivity index (χ1v) is 24.6. The quantitative estimate of drug-likeness (QED) is 0.109. The maximum absolute atomic E-state index is 6.42. The van der Waals surface area contributed by atoms with Crippen LogP contribution >= 0.6 is 0 Å². The summed E-state index contributed by atoms with van der Waals surface area (Å²) in [5, 5.41) is 14.7. The molecule has 2 aromatic heterocycles. The Morgan fingerprint density at radius 1 is 0.795 bits per heavy atom. The molecular formula is C37H51N5OSn. The van der Waals surface area contributed by atoms with Crippen molar-refractivity contribution in [2.45, 2.75) is 118 Å². The molecule has 0 saturated carbocycles. The molecule has 234 valence electrons. The van der Waals surface area contributed by atoms with Crippen LogP contribution in [0.5, 0.6) is 5.75 Å². The van der Waals surface area contributed by atoms with Crippen molar-refractivity contribution >= 4 is 18.7 Å². The van der Waals surface area contributed by atoms with Gasteiger partial charge in [0.1, 0.15) is 0 Å². The summed E-state index contributed by atoms with van der Waals surface area (Å²) in [6, 6.07) is 19.4. The van der Waals surface area contributed by atoms with E-state index in [1.165, 1.54) is 75.9 Å². The number of nitrogens with zero attached hydrogens (tertiary/aromatic N) is 5. The average Bonchev–Trinajstić information content (AvgIpc) is 3.58. The number of fused-ring (bicyclic) bond motifs is 1. The van der Waals surface area contributed by atoms with Crippen LogP contribution in [0.3, 0.4) is 0 Å². The molecule has 6 nitrogen and oxygen atoms in total. The van der Waals surface area contributed by atoms with E-state index in [0.29, 0.717) is 6.61 Å². The van der Waals surface area contributed by atoms with Gasteiger partial charge in [0, 0.05) is 23.0 Å². The third kappa shape index (κ3) is 7.72. The van der Waals surface area contributed by atoms with Crippen molar-refractivity contribution in [3.63, 3.8) is 0 Å². The molecule has 0 aliphatic heterocycles. The zero-order valence-electron chi connectivity index (χ0n) is 27.4. The molecule has 1 aliphatic carbocycles. The van der Waals surface area contributed by atoms with E-state index in [4.69, 9.17) is 25.1 Å². The monoisotopic (exact) mass is 701 g/mol. The van der Waals surface area contributed by atoms with Crippen LogP contribution in [0.25, 0.3) is 22.5 Å². The molecule has 1 aliphatic rings. The molecule has 2 aromatic carbocycles. The van der Waals surface area contributed by atoms with Gasteiger partial charge >= 0.3 is 203 Å². The zero-order valence-corrected chi connectivity index (χ0v) is 30.3. The van der Waals surface area contributed by atoms with Gasteiger partial charge < -0.3 is 0 Å². The maximum atomic E-state index is 6.42. The fourth-order valence-electron chi connectivity index (χ4n) is 6.62. The number of aryl methyl sites for hydroxylation is 2. The average molecular weight is 701 g/mol. The summed E-state index contributed by atoms with van der Waals surface area (Å²) in [5.41, 5.74) is 8.20. The van der Waals surface area contributed by atoms with E-state index in [2.05, 4.69) is 85.3 Å². The Labute approximate surface area is 269 Å². The fraction of sp³-hybridized carbons (Fsp3) is 0.514. The minimum absolute atomic E-state index is 0.555. The molecule has 2 heterocycles. The van der Waals surface area contributed by atoms with Crippen LogP contribution in [-0.4, -0.2) is 42.1 Å². The summed E-state index contributed by atoms with van der Waals surface area (Å²) in [4.78, 5) is 4.89.